The second-order valence-electron chi connectivity index (χ2n) is 8.98. The Bertz CT molecular complexity index is 1010. The maximum Gasteiger partial charge on any atom is 0.360 e. The van der Waals surface area contributed by atoms with E-state index in [-0.39, 0.29) is 11.7 Å². The van der Waals surface area contributed by atoms with Gasteiger partial charge in [0.2, 0.25) is 0 Å². The smallest absolute Gasteiger partial charge is 0.360 e. The molecule has 2 aliphatic rings. The first-order valence-corrected chi connectivity index (χ1v) is 12.4. The molecule has 172 valence electrons. The molecule has 1 N–H and O–H groups in total. The lowest BCUT2D eigenvalue weighted by Gasteiger charge is -2.43. The molecule has 0 aliphatic carbocycles. The zero-order chi connectivity index (χ0) is 23.1. The molecule has 0 bridgehead atoms. The van der Waals surface area contributed by atoms with E-state index in [1.165, 1.54) is 7.11 Å². The van der Waals surface area contributed by atoms with Crippen molar-refractivity contribution in [2.24, 2.45) is 0 Å². The summed E-state index contributed by atoms with van der Waals surface area (Å²) in [6, 6.07) is 7.72. The van der Waals surface area contributed by atoms with Crippen molar-refractivity contribution >= 4 is 39.1 Å². The summed E-state index contributed by atoms with van der Waals surface area (Å²) in [5.74, 6) is 0.787. The van der Waals surface area contributed by atoms with Gasteiger partial charge in [0.15, 0.2) is 11.5 Å². The highest BCUT2D eigenvalue weighted by Crippen LogP contribution is 2.49. The number of carbonyl (C=O) groups excluding carboxylic acids is 1. The van der Waals surface area contributed by atoms with Crippen LogP contribution in [0.1, 0.15) is 55.7 Å². The quantitative estimate of drug-likeness (QED) is 0.480. The number of nitrogens with one attached hydrogen (secondary N) is 1. The number of esters is 1. The van der Waals surface area contributed by atoms with E-state index in [9.17, 15) is 9.35 Å². The first-order valence-electron chi connectivity index (χ1n) is 10.5. The molecule has 1 aromatic carbocycles. The molecule has 0 radical (unpaired) electrons. The zero-order valence-corrected chi connectivity index (χ0v) is 21.0. The molecule has 0 unspecified atom stereocenters. The highest BCUT2D eigenvalue weighted by atomic mass is 79.9. The number of methoxy groups -OCH3 is 1. The first kappa shape index (κ1) is 23.3. The lowest BCUT2D eigenvalue weighted by Crippen LogP contribution is -2.55. The van der Waals surface area contributed by atoms with Crippen LogP contribution >= 0.6 is 15.9 Å². The van der Waals surface area contributed by atoms with E-state index in [1.807, 2.05) is 49.9 Å². The maximum absolute atomic E-state index is 13.0. The van der Waals surface area contributed by atoms with Crippen molar-refractivity contribution in [2.75, 3.05) is 25.1 Å². The van der Waals surface area contributed by atoms with Crippen LogP contribution < -0.4 is 14.4 Å². The Labute approximate surface area is 199 Å². The number of rotatable bonds is 4. The predicted octanol–water partition coefficient (Wildman–Crippen LogP) is 3.55. The van der Waals surface area contributed by atoms with Gasteiger partial charge in [-0.25, -0.2) is 14.8 Å². The number of fused-ring (bicyclic) bond motifs is 1. The van der Waals surface area contributed by atoms with Gasteiger partial charge < -0.3 is 18.9 Å². The number of aromatic nitrogens is 2. The summed E-state index contributed by atoms with van der Waals surface area (Å²) < 4.78 is 27.8. The molecule has 3 heterocycles. The Morgan fingerprint density at radius 3 is 2.69 bits per heavy atom. The van der Waals surface area contributed by atoms with Crippen molar-refractivity contribution in [1.29, 1.82) is 0 Å². The number of carbonyl (C=O) groups is 1. The summed E-state index contributed by atoms with van der Waals surface area (Å²) in [6.45, 7) is 7.07. The van der Waals surface area contributed by atoms with Crippen LogP contribution in [0, 0.1) is 0 Å². The van der Waals surface area contributed by atoms with Gasteiger partial charge in [0, 0.05) is 42.9 Å². The van der Waals surface area contributed by atoms with Crippen molar-refractivity contribution < 1.29 is 18.8 Å². The van der Waals surface area contributed by atoms with Gasteiger partial charge in [-0.3, -0.25) is 0 Å². The minimum absolute atomic E-state index is 0.178. The lowest BCUT2D eigenvalue weighted by atomic mass is 9.83. The van der Waals surface area contributed by atoms with Crippen LogP contribution in [-0.4, -0.2) is 51.0 Å². The molecule has 8 nitrogen and oxygen atoms in total. The highest BCUT2D eigenvalue weighted by Gasteiger charge is 2.53. The molecular weight excluding hydrogens is 496 g/mol. The summed E-state index contributed by atoms with van der Waals surface area (Å²) in [5.41, 5.74) is 0.671. The number of nitrogens with zero attached hydrogens (tertiary/aromatic N) is 3. The van der Waals surface area contributed by atoms with Gasteiger partial charge in [0.05, 0.1) is 13.3 Å². The Hall–Kier alpha value is -1.88. The number of halogens is 1. The van der Waals surface area contributed by atoms with Crippen LogP contribution in [0.3, 0.4) is 0 Å². The largest absolute Gasteiger partial charge is 0.598 e. The number of benzene rings is 1. The summed E-state index contributed by atoms with van der Waals surface area (Å²) >= 11 is 2.02. The van der Waals surface area contributed by atoms with Crippen LogP contribution in [0.4, 0.5) is 5.82 Å². The van der Waals surface area contributed by atoms with Crippen molar-refractivity contribution in [3.8, 4) is 5.75 Å². The molecule has 2 atom stereocenters. The fourth-order valence-corrected chi connectivity index (χ4v) is 5.33. The molecule has 32 heavy (non-hydrogen) atoms. The number of piperidine rings is 1. The Morgan fingerprint density at radius 1 is 1.34 bits per heavy atom. The molecule has 2 aliphatic heterocycles. The van der Waals surface area contributed by atoms with E-state index in [2.05, 4.69) is 30.6 Å². The Balaban J connectivity index is 1.60. The van der Waals surface area contributed by atoms with E-state index >= 15 is 0 Å². The summed E-state index contributed by atoms with van der Waals surface area (Å²) in [5, 5.41) is 0. The predicted molar refractivity (Wildman–Crippen MR) is 126 cm³/mol. The minimum Gasteiger partial charge on any atom is -0.598 e. The van der Waals surface area contributed by atoms with E-state index < -0.39 is 27.7 Å². The average molecular weight is 523 g/mol. The molecule has 0 amide bonds. The molecule has 1 fully saturated rings. The zero-order valence-electron chi connectivity index (χ0n) is 18.6. The number of hydrogen-bond acceptors (Lipinski definition) is 8. The van der Waals surface area contributed by atoms with Gasteiger partial charge in [-0.1, -0.05) is 18.2 Å². The van der Waals surface area contributed by atoms with Gasteiger partial charge >= 0.3 is 5.97 Å². The Morgan fingerprint density at radius 2 is 2.03 bits per heavy atom. The normalized spacial score (nSPS) is 20.6. The van der Waals surface area contributed by atoms with Crippen LogP contribution in [0.15, 0.2) is 35.1 Å². The molecule has 1 saturated heterocycles. The Kier molecular flexibility index (Phi) is 6.41. The molecule has 4 rings (SSSR count). The summed E-state index contributed by atoms with van der Waals surface area (Å²) in [4.78, 5) is 23.0. The van der Waals surface area contributed by atoms with Gasteiger partial charge in [-0.2, -0.15) is 0 Å². The number of hydrogen-bond donors (Lipinski definition) is 1. The molecular formula is C22H27BrN4O4S. The minimum atomic E-state index is -1.25. The monoisotopic (exact) mass is 522 g/mol. The third kappa shape index (κ3) is 4.33. The third-order valence-corrected chi connectivity index (χ3v) is 7.81. The number of para-hydroxylation sites is 1. The summed E-state index contributed by atoms with van der Waals surface area (Å²) in [7, 11) is 1.33. The highest BCUT2D eigenvalue weighted by molar-refractivity contribution is 9.10. The van der Waals surface area contributed by atoms with Gasteiger partial charge in [0.1, 0.15) is 26.7 Å². The van der Waals surface area contributed by atoms with E-state index in [0.717, 1.165) is 11.3 Å². The van der Waals surface area contributed by atoms with Crippen LogP contribution in [-0.2, 0) is 16.1 Å². The SMILES string of the molecule is COC(=O)c1nc(Br)cnc1N1CCC2(CC1)Oc1ccccc1[C@H]2N[S@+]([O-])C(C)(C)C. The summed E-state index contributed by atoms with van der Waals surface area (Å²) in [6.07, 6.45) is 2.91. The average Bonchev–Trinajstić information content (AvgIpc) is 3.06. The fraction of sp³-hybridized carbons (Fsp3) is 0.500. The van der Waals surface area contributed by atoms with Gasteiger partial charge in [0.25, 0.3) is 0 Å². The maximum atomic E-state index is 13.0. The van der Waals surface area contributed by atoms with Crippen molar-refractivity contribution in [2.45, 2.75) is 50.0 Å². The molecule has 1 spiro atoms. The van der Waals surface area contributed by atoms with E-state index in [1.54, 1.807) is 6.20 Å². The van der Waals surface area contributed by atoms with E-state index in [4.69, 9.17) is 9.47 Å². The van der Waals surface area contributed by atoms with Gasteiger partial charge in [-0.15, -0.1) is 4.72 Å². The van der Waals surface area contributed by atoms with Crippen molar-refractivity contribution in [1.82, 2.24) is 14.7 Å². The topological polar surface area (TPSA) is 99.6 Å². The second-order valence-corrected chi connectivity index (χ2v) is 11.8. The number of ether oxygens (including phenoxy) is 2. The van der Waals surface area contributed by atoms with Crippen LogP contribution in [0.2, 0.25) is 0 Å². The second kappa shape index (κ2) is 8.81. The lowest BCUT2D eigenvalue weighted by molar-refractivity contribution is 0.0378. The van der Waals surface area contributed by atoms with Crippen molar-refractivity contribution in [3.63, 3.8) is 0 Å². The standard InChI is InChI=1S/C22H27BrN4O4S/c1-21(2,3)32(29)26-18-14-7-5-6-8-15(14)31-22(18)9-11-27(12-10-22)19-17(20(28)30-4)25-16(23)13-24-19/h5-8,13,18,26H,9-12H2,1-4H3/t18-,32-/m1/s1. The van der Waals surface area contributed by atoms with E-state index in [0.29, 0.717) is 36.4 Å². The number of anilines is 1. The van der Waals surface area contributed by atoms with Crippen LogP contribution in [0.5, 0.6) is 5.75 Å². The molecule has 1 aromatic heterocycles. The van der Waals surface area contributed by atoms with Crippen molar-refractivity contribution in [3.05, 3.63) is 46.3 Å². The van der Waals surface area contributed by atoms with Crippen LogP contribution in [0.25, 0.3) is 0 Å². The molecule has 10 heteroatoms. The fourth-order valence-electron chi connectivity index (χ4n) is 4.14. The third-order valence-electron chi connectivity index (χ3n) is 5.86. The molecule has 2 aromatic rings. The van der Waals surface area contributed by atoms with Gasteiger partial charge in [-0.05, 0) is 42.8 Å². The first-order chi connectivity index (χ1) is 15.1. The molecule has 0 saturated carbocycles.